The van der Waals surface area contributed by atoms with Crippen molar-refractivity contribution in [2.45, 2.75) is 25.9 Å². The number of aliphatic hydroxyl groups excluding tert-OH is 1. The van der Waals surface area contributed by atoms with Crippen LogP contribution in [-0.4, -0.2) is 29.5 Å². The van der Waals surface area contributed by atoms with Crippen molar-refractivity contribution in [3.63, 3.8) is 0 Å². The van der Waals surface area contributed by atoms with Gasteiger partial charge in [0.2, 0.25) is 0 Å². The number of benzene rings is 1. The minimum absolute atomic E-state index is 0.0693. The van der Waals surface area contributed by atoms with Gasteiger partial charge in [0.25, 0.3) is 0 Å². The Kier molecular flexibility index (Phi) is 3.17. The predicted molar refractivity (Wildman–Crippen MR) is 61.4 cm³/mol. The normalized spacial score (nSPS) is 29.5. The first-order chi connectivity index (χ1) is 7.66. The second-order valence-electron chi connectivity index (χ2n) is 4.63. The fourth-order valence-corrected chi connectivity index (χ4v) is 2.39. The van der Waals surface area contributed by atoms with Crippen LogP contribution in [0.2, 0.25) is 0 Å². The number of rotatable bonds is 3. The van der Waals surface area contributed by atoms with Gasteiger partial charge in [-0.05, 0) is 37.5 Å². The molecular weight excluding hydrogens is 204 g/mol. The molecule has 0 aliphatic carbocycles. The van der Waals surface area contributed by atoms with Crippen LogP contribution in [0.25, 0.3) is 0 Å². The SMILES string of the molecule is CC1OCCC1(CO)Cc1cccc(O)c1. The summed E-state index contributed by atoms with van der Waals surface area (Å²) in [6, 6.07) is 7.21. The second kappa shape index (κ2) is 4.44. The molecule has 2 unspecified atom stereocenters. The molecule has 0 radical (unpaired) electrons. The second-order valence-corrected chi connectivity index (χ2v) is 4.63. The maximum atomic E-state index is 9.58. The van der Waals surface area contributed by atoms with Crippen LogP contribution >= 0.6 is 0 Å². The molecule has 1 aromatic carbocycles. The van der Waals surface area contributed by atoms with Crippen LogP contribution in [0.5, 0.6) is 5.75 Å². The number of hydrogen-bond acceptors (Lipinski definition) is 3. The minimum atomic E-state index is -0.187. The molecule has 1 aliphatic heterocycles. The van der Waals surface area contributed by atoms with E-state index in [1.54, 1.807) is 12.1 Å². The van der Waals surface area contributed by atoms with Crippen molar-refractivity contribution in [1.82, 2.24) is 0 Å². The van der Waals surface area contributed by atoms with Crippen molar-refractivity contribution in [2.24, 2.45) is 5.41 Å². The Morgan fingerprint density at radius 3 is 2.88 bits per heavy atom. The standard InChI is InChI=1S/C13H18O3/c1-10-13(9-14,5-6-16-10)8-11-3-2-4-12(15)7-11/h2-4,7,10,14-15H,5-6,8-9H2,1H3. The Bertz CT molecular complexity index is 364. The van der Waals surface area contributed by atoms with Crippen LogP contribution in [0.15, 0.2) is 24.3 Å². The molecule has 2 atom stereocenters. The van der Waals surface area contributed by atoms with Crippen LogP contribution in [0.1, 0.15) is 18.9 Å². The average molecular weight is 222 g/mol. The Morgan fingerprint density at radius 1 is 1.50 bits per heavy atom. The molecule has 2 rings (SSSR count). The van der Waals surface area contributed by atoms with Crippen LogP contribution in [0.4, 0.5) is 0 Å². The van der Waals surface area contributed by atoms with Crippen molar-refractivity contribution >= 4 is 0 Å². The quantitative estimate of drug-likeness (QED) is 0.818. The summed E-state index contributed by atoms with van der Waals surface area (Å²) in [5.41, 5.74) is 0.861. The van der Waals surface area contributed by atoms with E-state index in [-0.39, 0.29) is 23.9 Å². The monoisotopic (exact) mass is 222 g/mol. The summed E-state index contributed by atoms with van der Waals surface area (Å²) in [5.74, 6) is 0.275. The number of aliphatic hydroxyl groups is 1. The molecule has 88 valence electrons. The van der Waals surface area contributed by atoms with Gasteiger partial charge in [-0.2, -0.15) is 0 Å². The van der Waals surface area contributed by atoms with Crippen molar-refractivity contribution in [1.29, 1.82) is 0 Å². The average Bonchev–Trinajstić information content (AvgIpc) is 2.61. The maximum Gasteiger partial charge on any atom is 0.115 e. The van der Waals surface area contributed by atoms with E-state index in [1.165, 1.54) is 0 Å². The lowest BCUT2D eigenvalue weighted by atomic mass is 9.77. The molecule has 0 aromatic heterocycles. The zero-order chi connectivity index (χ0) is 11.6. The van der Waals surface area contributed by atoms with Gasteiger partial charge >= 0.3 is 0 Å². The first-order valence-electron chi connectivity index (χ1n) is 5.67. The minimum Gasteiger partial charge on any atom is -0.508 e. The molecule has 16 heavy (non-hydrogen) atoms. The molecule has 0 bridgehead atoms. The molecule has 0 amide bonds. The van der Waals surface area contributed by atoms with E-state index in [0.717, 1.165) is 18.4 Å². The summed E-state index contributed by atoms with van der Waals surface area (Å²) in [7, 11) is 0. The molecule has 1 aliphatic rings. The highest BCUT2D eigenvalue weighted by molar-refractivity contribution is 5.28. The fraction of sp³-hybridized carbons (Fsp3) is 0.538. The smallest absolute Gasteiger partial charge is 0.115 e. The summed E-state index contributed by atoms with van der Waals surface area (Å²) < 4.78 is 5.54. The van der Waals surface area contributed by atoms with E-state index >= 15 is 0 Å². The molecule has 3 heteroatoms. The third-order valence-electron chi connectivity index (χ3n) is 3.61. The van der Waals surface area contributed by atoms with Crippen molar-refractivity contribution in [3.05, 3.63) is 29.8 Å². The molecule has 1 heterocycles. The van der Waals surface area contributed by atoms with Gasteiger partial charge in [0.1, 0.15) is 5.75 Å². The lowest BCUT2D eigenvalue weighted by Gasteiger charge is -2.30. The Hall–Kier alpha value is -1.06. The van der Waals surface area contributed by atoms with Gasteiger partial charge in [0, 0.05) is 12.0 Å². The van der Waals surface area contributed by atoms with E-state index in [1.807, 2.05) is 19.1 Å². The van der Waals surface area contributed by atoms with Gasteiger partial charge in [-0.25, -0.2) is 0 Å². The highest BCUT2D eigenvalue weighted by Crippen LogP contribution is 2.38. The number of phenolic OH excluding ortho intramolecular Hbond substituents is 1. The summed E-state index contributed by atoms with van der Waals surface area (Å²) in [4.78, 5) is 0. The molecule has 1 fully saturated rings. The van der Waals surface area contributed by atoms with Gasteiger partial charge in [-0.3, -0.25) is 0 Å². The van der Waals surface area contributed by atoms with Gasteiger partial charge in [0.15, 0.2) is 0 Å². The van der Waals surface area contributed by atoms with Crippen LogP contribution in [0, 0.1) is 5.41 Å². The van der Waals surface area contributed by atoms with Crippen LogP contribution in [-0.2, 0) is 11.2 Å². The highest BCUT2D eigenvalue weighted by Gasteiger charge is 2.40. The third kappa shape index (κ3) is 2.06. The number of aromatic hydroxyl groups is 1. The van der Waals surface area contributed by atoms with Gasteiger partial charge in [0.05, 0.1) is 12.7 Å². The summed E-state index contributed by atoms with van der Waals surface area (Å²) >= 11 is 0. The largest absolute Gasteiger partial charge is 0.508 e. The first-order valence-corrected chi connectivity index (χ1v) is 5.67. The van der Waals surface area contributed by atoms with Gasteiger partial charge in [-0.15, -0.1) is 0 Å². The summed E-state index contributed by atoms with van der Waals surface area (Å²) in [6.07, 6.45) is 1.69. The van der Waals surface area contributed by atoms with Gasteiger partial charge < -0.3 is 14.9 Å². The number of hydrogen-bond donors (Lipinski definition) is 2. The van der Waals surface area contributed by atoms with Gasteiger partial charge in [-0.1, -0.05) is 12.1 Å². The third-order valence-corrected chi connectivity index (χ3v) is 3.61. The van der Waals surface area contributed by atoms with Crippen LogP contribution < -0.4 is 0 Å². The molecule has 0 saturated carbocycles. The number of phenols is 1. The number of ether oxygens (including phenoxy) is 1. The lowest BCUT2D eigenvalue weighted by Crippen LogP contribution is -2.34. The fourth-order valence-electron chi connectivity index (χ4n) is 2.39. The topological polar surface area (TPSA) is 49.7 Å². The van der Waals surface area contributed by atoms with E-state index in [4.69, 9.17) is 4.74 Å². The molecule has 1 aromatic rings. The van der Waals surface area contributed by atoms with Crippen LogP contribution in [0.3, 0.4) is 0 Å². The predicted octanol–water partition coefficient (Wildman–Crippen LogP) is 1.72. The molecule has 3 nitrogen and oxygen atoms in total. The Labute approximate surface area is 95.7 Å². The molecule has 1 saturated heterocycles. The van der Waals surface area contributed by atoms with Crippen molar-refractivity contribution < 1.29 is 14.9 Å². The lowest BCUT2D eigenvalue weighted by molar-refractivity contribution is 0.0272. The summed E-state index contributed by atoms with van der Waals surface area (Å²) in [6.45, 7) is 2.84. The van der Waals surface area contributed by atoms with E-state index in [9.17, 15) is 10.2 Å². The summed E-state index contributed by atoms with van der Waals surface area (Å²) in [5, 5.41) is 19.0. The van der Waals surface area contributed by atoms with E-state index in [0.29, 0.717) is 6.61 Å². The first kappa shape index (κ1) is 11.4. The molecular formula is C13H18O3. The Morgan fingerprint density at radius 2 is 2.31 bits per heavy atom. The van der Waals surface area contributed by atoms with E-state index < -0.39 is 0 Å². The Balaban J connectivity index is 2.18. The zero-order valence-corrected chi connectivity index (χ0v) is 9.52. The highest BCUT2D eigenvalue weighted by atomic mass is 16.5. The maximum absolute atomic E-state index is 9.58. The van der Waals surface area contributed by atoms with Crippen molar-refractivity contribution in [3.8, 4) is 5.75 Å². The van der Waals surface area contributed by atoms with Crippen molar-refractivity contribution in [2.75, 3.05) is 13.2 Å². The van der Waals surface area contributed by atoms with E-state index in [2.05, 4.69) is 0 Å². The zero-order valence-electron chi connectivity index (χ0n) is 9.52. The molecule has 0 spiro atoms. The molecule has 2 N–H and O–H groups in total.